The van der Waals surface area contributed by atoms with Gasteiger partial charge in [0.2, 0.25) is 6.79 Å². The molecule has 1 aliphatic heterocycles. The predicted molar refractivity (Wildman–Crippen MR) is 116 cm³/mol. The molecule has 5 heteroatoms. The van der Waals surface area contributed by atoms with Gasteiger partial charge in [0.25, 0.3) is 0 Å². The third kappa shape index (κ3) is 3.05. The van der Waals surface area contributed by atoms with Crippen molar-refractivity contribution in [1.82, 2.24) is 0 Å². The quantitative estimate of drug-likeness (QED) is 0.429. The highest BCUT2D eigenvalue weighted by Gasteiger charge is 2.31. The van der Waals surface area contributed by atoms with Gasteiger partial charge in [-0.2, -0.15) is 0 Å². The molecule has 2 aliphatic rings. The molecule has 0 saturated carbocycles. The molecule has 0 bridgehead atoms. The summed E-state index contributed by atoms with van der Waals surface area (Å²) in [5.41, 5.74) is 2.72. The van der Waals surface area contributed by atoms with Gasteiger partial charge in [-0.15, -0.1) is 0 Å². The molecule has 154 valence electrons. The van der Waals surface area contributed by atoms with Gasteiger partial charge in [-0.1, -0.05) is 24.3 Å². The minimum Gasteiger partial charge on any atom is -0.497 e. The predicted octanol–water partition coefficient (Wildman–Crippen LogP) is 5.75. The maximum atomic E-state index is 12.9. The molecule has 2 heterocycles. The van der Waals surface area contributed by atoms with Crippen LogP contribution in [0, 0.1) is 0 Å². The summed E-state index contributed by atoms with van der Waals surface area (Å²) in [5, 5.41) is 2.19. The maximum Gasteiger partial charge on any atom is 0.231 e. The Morgan fingerprint density at radius 2 is 1.71 bits per heavy atom. The van der Waals surface area contributed by atoms with Crippen molar-refractivity contribution in [1.29, 1.82) is 0 Å². The summed E-state index contributed by atoms with van der Waals surface area (Å²) in [5.74, 6) is 3.98. The molecule has 3 aromatic carbocycles. The van der Waals surface area contributed by atoms with Crippen LogP contribution in [0.3, 0.4) is 0 Å². The standard InChI is InChI=1S/C26H20O5/c1-28-20-6-4-15-8-18(3-2-16(15)9-20)24-13-21-22(27)10-19(12-25(21)31-24)17-5-7-23-26(11-17)30-14-29-23/h2-9,11,13,19H,10,12,14H2,1H3. The van der Waals surface area contributed by atoms with E-state index in [1.807, 2.05) is 54.6 Å². The molecule has 1 aliphatic carbocycles. The van der Waals surface area contributed by atoms with E-state index in [0.29, 0.717) is 18.4 Å². The zero-order valence-corrected chi connectivity index (χ0v) is 17.0. The van der Waals surface area contributed by atoms with Crippen molar-refractivity contribution in [2.24, 2.45) is 0 Å². The first-order chi connectivity index (χ1) is 15.2. The number of ketones is 1. The minimum absolute atomic E-state index is 0.0672. The molecule has 1 atom stereocenters. The highest BCUT2D eigenvalue weighted by molar-refractivity contribution is 6.00. The Bertz CT molecular complexity index is 1330. The molecule has 4 aromatic rings. The number of furan rings is 1. The third-order valence-corrected chi connectivity index (χ3v) is 6.17. The fraction of sp³-hybridized carbons (Fsp3) is 0.192. The first-order valence-electron chi connectivity index (χ1n) is 10.3. The summed E-state index contributed by atoms with van der Waals surface area (Å²) in [6.45, 7) is 0.243. The second-order valence-corrected chi connectivity index (χ2v) is 8.02. The van der Waals surface area contributed by atoms with E-state index in [0.717, 1.165) is 50.7 Å². The monoisotopic (exact) mass is 412 g/mol. The van der Waals surface area contributed by atoms with Crippen LogP contribution in [-0.2, 0) is 6.42 Å². The van der Waals surface area contributed by atoms with E-state index in [1.54, 1.807) is 7.11 Å². The molecule has 0 saturated heterocycles. The average molecular weight is 412 g/mol. The van der Waals surface area contributed by atoms with E-state index in [4.69, 9.17) is 18.6 Å². The van der Waals surface area contributed by atoms with E-state index in [-0.39, 0.29) is 18.5 Å². The SMILES string of the molecule is COc1ccc2cc(-c3cc4c(o3)CC(c3ccc5c(c3)OCO5)CC4=O)ccc2c1. The second kappa shape index (κ2) is 6.91. The highest BCUT2D eigenvalue weighted by Crippen LogP contribution is 2.41. The molecule has 1 unspecified atom stereocenters. The first-order valence-corrected chi connectivity index (χ1v) is 10.3. The largest absolute Gasteiger partial charge is 0.497 e. The van der Waals surface area contributed by atoms with Crippen molar-refractivity contribution >= 4 is 16.6 Å². The number of fused-ring (bicyclic) bond motifs is 3. The Morgan fingerprint density at radius 1 is 0.871 bits per heavy atom. The Labute approximate surface area is 179 Å². The number of benzene rings is 3. The summed E-state index contributed by atoms with van der Waals surface area (Å²) in [4.78, 5) is 12.9. The van der Waals surface area contributed by atoms with Crippen molar-refractivity contribution in [2.45, 2.75) is 18.8 Å². The van der Waals surface area contributed by atoms with Gasteiger partial charge in [-0.05, 0) is 58.7 Å². The fourth-order valence-electron chi connectivity index (χ4n) is 4.50. The number of carbonyl (C=O) groups is 1. The molecule has 0 amide bonds. The summed E-state index contributed by atoms with van der Waals surface area (Å²) < 4.78 is 22.4. The van der Waals surface area contributed by atoms with Gasteiger partial charge in [0, 0.05) is 18.4 Å². The molecule has 0 N–H and O–H groups in total. The lowest BCUT2D eigenvalue weighted by Gasteiger charge is -2.20. The normalized spacial score (nSPS) is 17.1. The topological polar surface area (TPSA) is 57.9 Å². The van der Waals surface area contributed by atoms with E-state index < -0.39 is 0 Å². The fourth-order valence-corrected chi connectivity index (χ4v) is 4.50. The van der Waals surface area contributed by atoms with Crippen LogP contribution in [0.2, 0.25) is 0 Å². The number of carbonyl (C=O) groups excluding carboxylic acids is 1. The number of methoxy groups -OCH3 is 1. The second-order valence-electron chi connectivity index (χ2n) is 8.02. The molecule has 5 nitrogen and oxygen atoms in total. The zero-order chi connectivity index (χ0) is 20.9. The minimum atomic E-state index is 0.0672. The summed E-state index contributed by atoms with van der Waals surface area (Å²) in [6.07, 6.45) is 1.15. The van der Waals surface area contributed by atoms with Crippen molar-refractivity contribution in [3.8, 4) is 28.6 Å². The summed E-state index contributed by atoms with van der Waals surface area (Å²) >= 11 is 0. The van der Waals surface area contributed by atoms with E-state index in [1.165, 1.54) is 0 Å². The summed E-state index contributed by atoms with van der Waals surface area (Å²) in [7, 11) is 1.66. The Balaban J connectivity index is 1.33. The Kier molecular flexibility index (Phi) is 4.03. The number of hydrogen-bond acceptors (Lipinski definition) is 5. The molecule has 1 aromatic heterocycles. The number of hydrogen-bond donors (Lipinski definition) is 0. The van der Waals surface area contributed by atoms with Gasteiger partial charge in [0.05, 0.1) is 12.7 Å². The molecule has 0 spiro atoms. The van der Waals surface area contributed by atoms with Crippen LogP contribution in [0.15, 0.2) is 65.1 Å². The number of ether oxygens (including phenoxy) is 3. The van der Waals surface area contributed by atoms with Crippen LogP contribution in [0.1, 0.15) is 34.0 Å². The zero-order valence-electron chi connectivity index (χ0n) is 17.0. The molecule has 6 rings (SSSR count). The van der Waals surface area contributed by atoms with Gasteiger partial charge in [-0.25, -0.2) is 0 Å². The third-order valence-electron chi connectivity index (χ3n) is 6.17. The number of Topliss-reactive ketones (excluding diaryl/α,β-unsaturated/α-hetero) is 1. The van der Waals surface area contributed by atoms with Crippen LogP contribution in [0.5, 0.6) is 17.2 Å². The lowest BCUT2D eigenvalue weighted by atomic mass is 9.82. The van der Waals surface area contributed by atoms with Gasteiger partial charge >= 0.3 is 0 Å². The summed E-state index contributed by atoms with van der Waals surface area (Å²) in [6, 6.07) is 19.9. The van der Waals surface area contributed by atoms with Crippen LogP contribution >= 0.6 is 0 Å². The smallest absolute Gasteiger partial charge is 0.231 e. The van der Waals surface area contributed by atoms with E-state index in [9.17, 15) is 4.79 Å². The first kappa shape index (κ1) is 18.1. The average Bonchev–Trinajstić information content (AvgIpc) is 3.45. The highest BCUT2D eigenvalue weighted by atomic mass is 16.7. The molecular formula is C26H20O5. The van der Waals surface area contributed by atoms with Gasteiger partial charge in [0.1, 0.15) is 17.3 Å². The van der Waals surface area contributed by atoms with Crippen LogP contribution < -0.4 is 14.2 Å². The van der Waals surface area contributed by atoms with Crippen molar-refractivity contribution < 1.29 is 23.4 Å². The van der Waals surface area contributed by atoms with Crippen LogP contribution in [0.4, 0.5) is 0 Å². The lowest BCUT2D eigenvalue weighted by molar-refractivity contribution is 0.0960. The van der Waals surface area contributed by atoms with E-state index >= 15 is 0 Å². The van der Waals surface area contributed by atoms with Crippen molar-refractivity contribution in [3.05, 3.63) is 77.6 Å². The molecule has 0 radical (unpaired) electrons. The Hall–Kier alpha value is -3.73. The molecule has 31 heavy (non-hydrogen) atoms. The van der Waals surface area contributed by atoms with Crippen LogP contribution in [0.25, 0.3) is 22.1 Å². The van der Waals surface area contributed by atoms with Crippen LogP contribution in [-0.4, -0.2) is 19.7 Å². The van der Waals surface area contributed by atoms with Crippen molar-refractivity contribution in [2.75, 3.05) is 13.9 Å². The van der Waals surface area contributed by atoms with Crippen molar-refractivity contribution in [3.63, 3.8) is 0 Å². The number of rotatable bonds is 3. The van der Waals surface area contributed by atoms with Gasteiger partial charge < -0.3 is 18.6 Å². The molecule has 0 fully saturated rings. The maximum absolute atomic E-state index is 12.9. The Morgan fingerprint density at radius 3 is 2.61 bits per heavy atom. The van der Waals surface area contributed by atoms with Gasteiger partial charge in [-0.3, -0.25) is 4.79 Å². The molecular weight excluding hydrogens is 392 g/mol. The van der Waals surface area contributed by atoms with E-state index in [2.05, 4.69) is 6.07 Å². The van der Waals surface area contributed by atoms with Gasteiger partial charge in [0.15, 0.2) is 17.3 Å². The lowest BCUT2D eigenvalue weighted by Crippen LogP contribution is -2.17.